The van der Waals surface area contributed by atoms with Crippen molar-refractivity contribution in [1.29, 1.82) is 0 Å². The highest BCUT2D eigenvalue weighted by Gasteiger charge is 2.24. The van der Waals surface area contributed by atoms with E-state index in [1.807, 2.05) is 68.6 Å². The number of amides is 1. The van der Waals surface area contributed by atoms with Crippen molar-refractivity contribution in [3.05, 3.63) is 100 Å². The van der Waals surface area contributed by atoms with Crippen LogP contribution >= 0.6 is 11.6 Å². The third-order valence-electron chi connectivity index (χ3n) is 7.99. The SMILES string of the molecule is COc1ccc(-c2ccc(Cl)cc2-c2cc(=O)n([C@H]3CCC[C@@H](C)C(=O)Nc4cnn(C)c4-c4ccnc3c4)cn2)cc1. The predicted molar refractivity (Wildman–Crippen MR) is 167 cm³/mol. The predicted octanol–water partition coefficient (Wildman–Crippen LogP) is 6.38. The molecule has 0 unspecified atom stereocenters. The fourth-order valence-electron chi connectivity index (χ4n) is 5.63. The molecule has 0 saturated carbocycles. The average Bonchev–Trinajstić information content (AvgIpc) is 3.38. The first-order valence-electron chi connectivity index (χ1n) is 14.1. The number of pyridine rings is 1. The molecule has 43 heavy (non-hydrogen) atoms. The molecule has 0 aliphatic carbocycles. The van der Waals surface area contributed by atoms with Crippen molar-refractivity contribution in [3.63, 3.8) is 0 Å². The highest BCUT2D eigenvalue weighted by molar-refractivity contribution is 6.31. The first-order valence-corrected chi connectivity index (χ1v) is 14.5. The highest BCUT2D eigenvalue weighted by Crippen LogP contribution is 2.35. The Morgan fingerprint density at radius 1 is 0.953 bits per heavy atom. The summed E-state index contributed by atoms with van der Waals surface area (Å²) in [6, 6.07) is 18.3. The fourth-order valence-corrected chi connectivity index (χ4v) is 5.80. The van der Waals surface area contributed by atoms with E-state index in [0.717, 1.165) is 45.8 Å². The van der Waals surface area contributed by atoms with Crippen molar-refractivity contribution in [2.75, 3.05) is 12.4 Å². The molecule has 2 atom stereocenters. The van der Waals surface area contributed by atoms with Gasteiger partial charge in [-0.05, 0) is 60.4 Å². The number of hydrogen-bond donors (Lipinski definition) is 1. The maximum atomic E-state index is 13.8. The zero-order valence-corrected chi connectivity index (χ0v) is 24.9. The summed E-state index contributed by atoms with van der Waals surface area (Å²) in [5, 5.41) is 7.96. The number of ether oxygens (including phenoxy) is 1. The van der Waals surface area contributed by atoms with Gasteiger partial charge in [-0.3, -0.25) is 23.8 Å². The third-order valence-corrected chi connectivity index (χ3v) is 8.22. The lowest BCUT2D eigenvalue weighted by atomic mass is 9.96. The molecule has 0 fully saturated rings. The largest absolute Gasteiger partial charge is 0.497 e. The molecule has 1 aliphatic rings. The second-order valence-corrected chi connectivity index (χ2v) is 11.2. The third kappa shape index (κ3) is 5.68. The molecule has 9 nitrogen and oxygen atoms in total. The number of carbonyl (C=O) groups excluding carboxylic acids is 1. The van der Waals surface area contributed by atoms with Gasteiger partial charge in [0.05, 0.1) is 48.4 Å². The lowest BCUT2D eigenvalue weighted by Crippen LogP contribution is -2.27. The van der Waals surface area contributed by atoms with Gasteiger partial charge in [-0.1, -0.05) is 43.1 Å². The molecule has 6 rings (SSSR count). The molecular weight excluding hydrogens is 564 g/mol. The zero-order valence-electron chi connectivity index (χ0n) is 24.1. The standard InChI is InChI=1S/C33H31ClN6O3/c1-20-5-4-6-30(28-15-22(13-14-35-28)32-29(38-33(20)42)18-37-39(32)2)40-19-36-27(17-31(40)41)26-16-23(34)9-12-25(26)21-7-10-24(43-3)11-8-21/h7-20,30H,4-6H2,1-3H3,(H,38,42)/t20-,30+/m1/s1. The molecular formula is C33H31ClN6O3. The molecule has 218 valence electrons. The minimum Gasteiger partial charge on any atom is -0.497 e. The average molecular weight is 595 g/mol. The lowest BCUT2D eigenvalue weighted by Gasteiger charge is -2.22. The topological polar surface area (TPSA) is 104 Å². The molecule has 3 aromatic heterocycles. The number of nitrogens with one attached hydrogen (secondary N) is 1. The Morgan fingerprint density at radius 3 is 2.53 bits per heavy atom. The summed E-state index contributed by atoms with van der Waals surface area (Å²) in [6.45, 7) is 1.91. The van der Waals surface area contributed by atoms with E-state index in [0.29, 0.717) is 29.2 Å². The summed E-state index contributed by atoms with van der Waals surface area (Å²) in [5.41, 5.74) is 5.92. The summed E-state index contributed by atoms with van der Waals surface area (Å²) >= 11 is 6.41. The molecule has 0 spiro atoms. The van der Waals surface area contributed by atoms with Gasteiger partial charge in [0, 0.05) is 41.4 Å². The van der Waals surface area contributed by atoms with Crippen LogP contribution in [0.3, 0.4) is 0 Å². The molecule has 2 bridgehead atoms. The minimum absolute atomic E-state index is 0.0574. The Balaban J connectivity index is 1.42. The fraction of sp³-hybridized carbons (Fsp3) is 0.242. The van der Waals surface area contributed by atoms with Gasteiger partial charge in [0.1, 0.15) is 5.75 Å². The van der Waals surface area contributed by atoms with E-state index in [1.54, 1.807) is 41.1 Å². The molecule has 10 heteroatoms. The van der Waals surface area contributed by atoms with Crippen LogP contribution < -0.4 is 15.6 Å². The van der Waals surface area contributed by atoms with Gasteiger partial charge >= 0.3 is 0 Å². The van der Waals surface area contributed by atoms with Gasteiger partial charge in [-0.2, -0.15) is 5.10 Å². The summed E-state index contributed by atoms with van der Waals surface area (Å²) < 4.78 is 8.67. The van der Waals surface area contributed by atoms with Crippen LogP contribution in [0, 0.1) is 5.92 Å². The number of rotatable bonds is 4. The highest BCUT2D eigenvalue weighted by atomic mass is 35.5. The van der Waals surface area contributed by atoms with E-state index in [9.17, 15) is 9.59 Å². The molecule has 0 saturated heterocycles. The van der Waals surface area contributed by atoms with Crippen LogP contribution in [0.15, 0.2) is 84.2 Å². The van der Waals surface area contributed by atoms with Gasteiger partial charge in [-0.15, -0.1) is 0 Å². The van der Waals surface area contributed by atoms with Crippen molar-refractivity contribution in [2.24, 2.45) is 13.0 Å². The number of anilines is 1. The number of carbonyl (C=O) groups is 1. The monoisotopic (exact) mass is 594 g/mol. The van der Waals surface area contributed by atoms with E-state index in [-0.39, 0.29) is 23.4 Å². The Morgan fingerprint density at radius 2 is 1.77 bits per heavy atom. The maximum absolute atomic E-state index is 13.8. The Kier molecular flexibility index (Phi) is 7.82. The van der Waals surface area contributed by atoms with E-state index in [1.165, 1.54) is 0 Å². The normalized spacial score (nSPS) is 16.9. The van der Waals surface area contributed by atoms with Gasteiger partial charge in [-0.25, -0.2) is 4.98 Å². The number of benzene rings is 2. The maximum Gasteiger partial charge on any atom is 0.254 e. The number of fused-ring (bicyclic) bond motifs is 4. The second kappa shape index (κ2) is 11.9. The van der Waals surface area contributed by atoms with Gasteiger partial charge < -0.3 is 10.1 Å². The minimum atomic E-state index is -0.374. The summed E-state index contributed by atoms with van der Waals surface area (Å²) in [6.07, 6.45) is 6.96. The number of halogens is 1. The zero-order chi connectivity index (χ0) is 30.1. The summed E-state index contributed by atoms with van der Waals surface area (Å²) in [4.78, 5) is 36.2. The first kappa shape index (κ1) is 28.4. The van der Waals surface area contributed by atoms with Crippen molar-refractivity contribution in [3.8, 4) is 39.4 Å². The molecule has 4 heterocycles. The van der Waals surface area contributed by atoms with Gasteiger partial charge in [0.2, 0.25) is 5.91 Å². The Labute approximate surface area is 254 Å². The van der Waals surface area contributed by atoms with Crippen molar-refractivity contribution in [1.82, 2.24) is 24.3 Å². The first-order chi connectivity index (χ1) is 20.8. The molecule has 1 aliphatic heterocycles. The smallest absolute Gasteiger partial charge is 0.254 e. The number of aromatic nitrogens is 5. The van der Waals surface area contributed by atoms with Crippen LogP contribution in [0.25, 0.3) is 33.6 Å². The number of aryl methyl sites for hydroxylation is 1. The molecule has 5 aromatic rings. The van der Waals surface area contributed by atoms with Crippen LogP contribution in [0.5, 0.6) is 5.75 Å². The van der Waals surface area contributed by atoms with E-state index in [2.05, 4.69) is 15.4 Å². The summed E-state index contributed by atoms with van der Waals surface area (Å²) in [5.74, 6) is 0.484. The van der Waals surface area contributed by atoms with Crippen molar-refractivity contribution >= 4 is 23.2 Å². The Hall–Kier alpha value is -4.76. The quantitative estimate of drug-likeness (QED) is 0.259. The van der Waals surface area contributed by atoms with Crippen LogP contribution in [-0.4, -0.2) is 37.3 Å². The van der Waals surface area contributed by atoms with E-state index >= 15 is 0 Å². The van der Waals surface area contributed by atoms with Crippen molar-refractivity contribution in [2.45, 2.75) is 32.2 Å². The number of methoxy groups -OCH3 is 1. The lowest BCUT2D eigenvalue weighted by molar-refractivity contribution is -0.119. The number of nitrogens with zero attached hydrogens (tertiary/aromatic N) is 5. The van der Waals surface area contributed by atoms with Crippen LogP contribution in [0.2, 0.25) is 5.02 Å². The Bertz CT molecular complexity index is 1860. The van der Waals surface area contributed by atoms with Crippen LogP contribution in [0.1, 0.15) is 37.9 Å². The number of hydrogen-bond acceptors (Lipinski definition) is 6. The summed E-state index contributed by atoms with van der Waals surface area (Å²) in [7, 11) is 3.46. The van der Waals surface area contributed by atoms with Crippen LogP contribution in [-0.2, 0) is 11.8 Å². The second-order valence-electron chi connectivity index (χ2n) is 10.8. The van der Waals surface area contributed by atoms with Crippen LogP contribution in [0.4, 0.5) is 5.69 Å². The van der Waals surface area contributed by atoms with E-state index < -0.39 is 0 Å². The van der Waals surface area contributed by atoms with Gasteiger partial charge in [0.15, 0.2) is 0 Å². The molecule has 0 radical (unpaired) electrons. The van der Waals surface area contributed by atoms with Crippen molar-refractivity contribution < 1.29 is 9.53 Å². The molecule has 2 aromatic carbocycles. The van der Waals surface area contributed by atoms with Gasteiger partial charge in [0.25, 0.3) is 5.56 Å². The molecule has 1 N–H and O–H groups in total. The molecule has 1 amide bonds. The van der Waals surface area contributed by atoms with E-state index in [4.69, 9.17) is 21.3 Å².